The van der Waals surface area contributed by atoms with E-state index in [9.17, 15) is 0 Å². The highest BCUT2D eigenvalue weighted by molar-refractivity contribution is 5.79. The number of imidazole rings is 1. The topological polar surface area (TPSA) is 33.7 Å². The van der Waals surface area contributed by atoms with Crippen molar-refractivity contribution in [3.63, 3.8) is 0 Å². The smallest absolute Gasteiger partial charge is 0.203 e. The molecule has 4 rings (SSSR count). The Bertz CT molecular complexity index is 1160. The molecule has 0 amide bonds. The number of aryl methyl sites for hydroxylation is 5. The standard InChI is InChI=1S/C25H27N3/c1-18-7-11-21(12-8-18)15-16-27-23-6-4-5-20(3)24(23)28(25(27)26)17-22-13-9-19(2)10-14-22/h4-14,26H,15-17H2,1-3H3. The first-order valence-corrected chi connectivity index (χ1v) is 9.87. The van der Waals surface area contributed by atoms with Gasteiger partial charge in [0.25, 0.3) is 0 Å². The molecule has 0 radical (unpaired) electrons. The van der Waals surface area contributed by atoms with E-state index in [-0.39, 0.29) is 0 Å². The Morgan fingerprint density at radius 2 is 1.32 bits per heavy atom. The molecule has 0 aliphatic carbocycles. The van der Waals surface area contributed by atoms with Gasteiger partial charge in [-0.05, 0) is 49.9 Å². The highest BCUT2D eigenvalue weighted by atomic mass is 15.2. The minimum Gasteiger partial charge on any atom is -0.310 e. The van der Waals surface area contributed by atoms with Gasteiger partial charge in [-0.1, -0.05) is 71.8 Å². The summed E-state index contributed by atoms with van der Waals surface area (Å²) in [6.45, 7) is 7.88. The zero-order chi connectivity index (χ0) is 19.7. The highest BCUT2D eigenvalue weighted by Gasteiger charge is 2.13. The summed E-state index contributed by atoms with van der Waals surface area (Å²) in [6, 6.07) is 23.7. The second-order valence-corrected chi connectivity index (χ2v) is 7.73. The van der Waals surface area contributed by atoms with Crippen molar-refractivity contribution in [1.29, 1.82) is 5.41 Å². The fraction of sp³-hybridized carbons (Fsp3) is 0.240. The molecule has 0 unspecified atom stereocenters. The maximum atomic E-state index is 8.89. The van der Waals surface area contributed by atoms with Crippen LogP contribution in [0, 0.1) is 26.2 Å². The summed E-state index contributed by atoms with van der Waals surface area (Å²) in [6.07, 6.45) is 0.925. The number of para-hydroxylation sites is 1. The lowest BCUT2D eigenvalue weighted by molar-refractivity contribution is 0.621. The molecule has 0 aliphatic rings. The third-order valence-corrected chi connectivity index (χ3v) is 5.49. The molecule has 3 heteroatoms. The van der Waals surface area contributed by atoms with Crippen LogP contribution in [0.4, 0.5) is 0 Å². The number of hydrogen-bond acceptors (Lipinski definition) is 1. The average molecular weight is 370 g/mol. The van der Waals surface area contributed by atoms with E-state index in [0.29, 0.717) is 5.62 Å². The first kappa shape index (κ1) is 18.3. The number of fused-ring (bicyclic) bond motifs is 1. The van der Waals surface area contributed by atoms with Crippen molar-refractivity contribution in [3.8, 4) is 0 Å². The highest BCUT2D eigenvalue weighted by Crippen LogP contribution is 2.19. The molecule has 0 spiro atoms. The van der Waals surface area contributed by atoms with Gasteiger partial charge in [-0.3, -0.25) is 5.41 Å². The molecule has 1 N–H and O–H groups in total. The van der Waals surface area contributed by atoms with Gasteiger partial charge in [0.2, 0.25) is 5.62 Å². The summed E-state index contributed by atoms with van der Waals surface area (Å²) >= 11 is 0. The van der Waals surface area contributed by atoms with Crippen molar-refractivity contribution in [1.82, 2.24) is 9.13 Å². The SMILES string of the molecule is Cc1ccc(CCn2c(=N)n(Cc3ccc(C)cc3)c3c(C)cccc32)cc1. The minimum absolute atomic E-state index is 0.567. The third kappa shape index (κ3) is 3.53. The lowest BCUT2D eigenvalue weighted by atomic mass is 10.1. The van der Waals surface area contributed by atoms with E-state index in [0.717, 1.165) is 30.5 Å². The van der Waals surface area contributed by atoms with Gasteiger partial charge < -0.3 is 9.13 Å². The predicted molar refractivity (Wildman–Crippen MR) is 116 cm³/mol. The van der Waals surface area contributed by atoms with Crippen LogP contribution in [0.15, 0.2) is 66.7 Å². The van der Waals surface area contributed by atoms with E-state index in [1.807, 2.05) is 0 Å². The van der Waals surface area contributed by atoms with Crippen molar-refractivity contribution < 1.29 is 0 Å². The molecular formula is C25H27N3. The van der Waals surface area contributed by atoms with Crippen LogP contribution in [0.1, 0.15) is 27.8 Å². The summed E-state index contributed by atoms with van der Waals surface area (Å²) in [5.74, 6) is 0. The molecular weight excluding hydrogens is 342 g/mol. The van der Waals surface area contributed by atoms with Gasteiger partial charge in [0.1, 0.15) is 0 Å². The number of aromatic nitrogens is 2. The van der Waals surface area contributed by atoms with Crippen LogP contribution in [-0.2, 0) is 19.5 Å². The van der Waals surface area contributed by atoms with Gasteiger partial charge in [-0.2, -0.15) is 0 Å². The van der Waals surface area contributed by atoms with Crippen LogP contribution in [0.25, 0.3) is 11.0 Å². The molecule has 0 aliphatic heterocycles. The molecule has 4 aromatic rings. The van der Waals surface area contributed by atoms with E-state index >= 15 is 0 Å². The van der Waals surface area contributed by atoms with E-state index < -0.39 is 0 Å². The van der Waals surface area contributed by atoms with Crippen LogP contribution >= 0.6 is 0 Å². The Morgan fingerprint density at radius 1 is 0.714 bits per heavy atom. The van der Waals surface area contributed by atoms with Crippen molar-refractivity contribution in [2.75, 3.05) is 0 Å². The van der Waals surface area contributed by atoms with Crippen LogP contribution in [0.2, 0.25) is 0 Å². The molecule has 0 bridgehead atoms. The Morgan fingerprint density at radius 3 is 1.96 bits per heavy atom. The van der Waals surface area contributed by atoms with Gasteiger partial charge in [-0.15, -0.1) is 0 Å². The summed E-state index contributed by atoms with van der Waals surface area (Å²) < 4.78 is 4.29. The van der Waals surface area contributed by atoms with Gasteiger partial charge in [0.05, 0.1) is 17.6 Å². The molecule has 0 saturated carbocycles. The van der Waals surface area contributed by atoms with Gasteiger partial charge >= 0.3 is 0 Å². The van der Waals surface area contributed by atoms with E-state index in [1.165, 1.54) is 27.8 Å². The number of nitrogens with one attached hydrogen (secondary N) is 1. The van der Waals surface area contributed by atoms with Gasteiger partial charge in [0, 0.05) is 6.54 Å². The van der Waals surface area contributed by atoms with Crippen LogP contribution in [0.5, 0.6) is 0 Å². The third-order valence-electron chi connectivity index (χ3n) is 5.49. The first-order chi connectivity index (χ1) is 13.5. The summed E-state index contributed by atoms with van der Waals surface area (Å²) in [5, 5.41) is 8.89. The zero-order valence-corrected chi connectivity index (χ0v) is 16.9. The Hall–Kier alpha value is -3.07. The monoisotopic (exact) mass is 369 g/mol. The average Bonchev–Trinajstić information content (AvgIpc) is 2.96. The lowest BCUT2D eigenvalue weighted by Gasteiger charge is -2.07. The summed E-state index contributed by atoms with van der Waals surface area (Å²) in [5.41, 5.74) is 9.17. The fourth-order valence-electron chi connectivity index (χ4n) is 3.83. The maximum Gasteiger partial charge on any atom is 0.203 e. The van der Waals surface area contributed by atoms with E-state index in [1.54, 1.807) is 0 Å². The van der Waals surface area contributed by atoms with Crippen molar-refractivity contribution in [3.05, 3.63) is 100 Å². The second kappa shape index (κ2) is 7.51. The summed E-state index contributed by atoms with van der Waals surface area (Å²) in [4.78, 5) is 0. The lowest BCUT2D eigenvalue weighted by Crippen LogP contribution is -2.25. The quantitative estimate of drug-likeness (QED) is 0.505. The summed E-state index contributed by atoms with van der Waals surface area (Å²) in [7, 11) is 0. The fourth-order valence-corrected chi connectivity index (χ4v) is 3.83. The molecule has 0 saturated heterocycles. The molecule has 3 aromatic carbocycles. The van der Waals surface area contributed by atoms with Gasteiger partial charge in [-0.25, -0.2) is 0 Å². The number of benzene rings is 3. The molecule has 1 aromatic heterocycles. The zero-order valence-electron chi connectivity index (χ0n) is 16.9. The minimum atomic E-state index is 0.567. The molecule has 142 valence electrons. The van der Waals surface area contributed by atoms with Crippen molar-refractivity contribution in [2.45, 2.75) is 40.3 Å². The second-order valence-electron chi connectivity index (χ2n) is 7.73. The number of rotatable bonds is 5. The molecule has 1 heterocycles. The van der Waals surface area contributed by atoms with Crippen molar-refractivity contribution >= 4 is 11.0 Å². The van der Waals surface area contributed by atoms with Gasteiger partial charge in [0.15, 0.2) is 0 Å². The molecule has 0 atom stereocenters. The number of nitrogens with zero attached hydrogens (tertiary/aromatic N) is 2. The Labute approximate surface area is 166 Å². The van der Waals surface area contributed by atoms with E-state index in [2.05, 4.69) is 96.6 Å². The predicted octanol–water partition coefficient (Wildman–Crippen LogP) is 5.14. The van der Waals surface area contributed by atoms with Crippen LogP contribution < -0.4 is 5.62 Å². The largest absolute Gasteiger partial charge is 0.310 e. The Kier molecular flexibility index (Phi) is 4.91. The molecule has 3 nitrogen and oxygen atoms in total. The molecule has 0 fully saturated rings. The normalized spacial score (nSPS) is 11.2. The van der Waals surface area contributed by atoms with Crippen LogP contribution in [0.3, 0.4) is 0 Å². The Balaban J connectivity index is 1.73. The maximum absolute atomic E-state index is 8.89. The first-order valence-electron chi connectivity index (χ1n) is 9.87. The molecule has 28 heavy (non-hydrogen) atoms. The van der Waals surface area contributed by atoms with Crippen LogP contribution in [-0.4, -0.2) is 9.13 Å². The van der Waals surface area contributed by atoms with Crippen molar-refractivity contribution in [2.24, 2.45) is 0 Å². The van der Waals surface area contributed by atoms with E-state index in [4.69, 9.17) is 5.41 Å². The number of hydrogen-bond donors (Lipinski definition) is 1.